The number of rotatable bonds is 11. The summed E-state index contributed by atoms with van der Waals surface area (Å²) < 4.78 is 80.4. The van der Waals surface area contributed by atoms with Gasteiger partial charge in [0.2, 0.25) is 0 Å². The molecule has 248 valence electrons. The average Bonchev–Trinajstić information content (AvgIpc) is 3.00. The molecule has 0 radical (unpaired) electrons. The Morgan fingerprint density at radius 2 is 1.70 bits per heavy atom. The van der Waals surface area contributed by atoms with Crippen LogP contribution in [0.2, 0.25) is 15.1 Å². The van der Waals surface area contributed by atoms with Crippen molar-refractivity contribution in [3.05, 3.63) is 115 Å². The van der Waals surface area contributed by atoms with E-state index in [1.54, 1.807) is 37.3 Å². The molecule has 0 saturated heterocycles. The first-order chi connectivity index (χ1) is 22.1. The molecular weight excluding hydrogens is 770 g/mol. The van der Waals surface area contributed by atoms with E-state index >= 15 is 0 Å². The van der Waals surface area contributed by atoms with Crippen LogP contribution in [0, 0.1) is 6.92 Å². The third-order valence-corrected chi connectivity index (χ3v) is 9.77. The zero-order chi connectivity index (χ0) is 34.5. The number of hydrogen-bond donors (Lipinski definition) is 1. The van der Waals surface area contributed by atoms with Crippen molar-refractivity contribution in [3.8, 4) is 11.5 Å². The second-order valence-corrected chi connectivity index (χ2v) is 13.8. The standard InChI is InChI=1S/C31H24BrCl3F3N3O5S/c1-18-3-8-23(9-4-18)47(43,44)41(22-7-10-26(34)24(14-22)31(36,37)38)16-29(42)40-39-15-19-11-25(32)30(28(12-19)45-2)46-17-20-5-6-21(33)13-27(20)35/h3-15H,16-17H2,1-2H3,(H,40,42)/b39-15-. The van der Waals surface area contributed by atoms with E-state index in [4.69, 9.17) is 44.3 Å². The van der Waals surface area contributed by atoms with Crippen LogP contribution in [0.3, 0.4) is 0 Å². The molecule has 8 nitrogen and oxygen atoms in total. The average molecular weight is 794 g/mol. The van der Waals surface area contributed by atoms with E-state index < -0.39 is 44.9 Å². The molecule has 0 aliphatic rings. The summed E-state index contributed by atoms with van der Waals surface area (Å²) in [4.78, 5) is 12.7. The Balaban J connectivity index is 1.55. The fourth-order valence-corrected chi connectivity index (χ4v) is 6.80. The van der Waals surface area contributed by atoms with Gasteiger partial charge in [0.05, 0.1) is 39.0 Å². The van der Waals surface area contributed by atoms with E-state index in [0.717, 1.165) is 17.7 Å². The fraction of sp³-hybridized carbons (Fsp3) is 0.161. The number of hydrazone groups is 1. The van der Waals surface area contributed by atoms with Crippen molar-refractivity contribution in [3.63, 3.8) is 0 Å². The maximum absolute atomic E-state index is 13.6. The molecule has 0 aliphatic heterocycles. The highest BCUT2D eigenvalue weighted by Crippen LogP contribution is 2.39. The third-order valence-electron chi connectivity index (χ3n) is 6.48. The van der Waals surface area contributed by atoms with Crippen LogP contribution in [0.15, 0.2) is 87.3 Å². The van der Waals surface area contributed by atoms with Gasteiger partial charge in [0.1, 0.15) is 13.2 Å². The summed E-state index contributed by atoms with van der Waals surface area (Å²) in [5.41, 5.74) is 2.41. The number of methoxy groups -OCH3 is 1. The molecule has 4 aromatic rings. The number of anilines is 1. The zero-order valence-electron chi connectivity index (χ0n) is 24.4. The number of aryl methyl sites for hydroxylation is 1. The zero-order valence-corrected chi connectivity index (χ0v) is 29.1. The Kier molecular flexibility index (Phi) is 11.7. The number of amides is 1. The van der Waals surface area contributed by atoms with Gasteiger partial charge in [0.25, 0.3) is 15.9 Å². The number of hydrogen-bond acceptors (Lipinski definition) is 6. The summed E-state index contributed by atoms with van der Waals surface area (Å²) in [7, 11) is -3.08. The largest absolute Gasteiger partial charge is 0.493 e. The molecular formula is C31H24BrCl3F3N3O5S. The van der Waals surface area contributed by atoms with Crippen LogP contribution in [0.5, 0.6) is 11.5 Å². The maximum atomic E-state index is 13.6. The van der Waals surface area contributed by atoms with E-state index in [-0.39, 0.29) is 11.5 Å². The molecule has 1 amide bonds. The van der Waals surface area contributed by atoms with Gasteiger partial charge in [-0.05, 0) is 83.0 Å². The number of halogens is 7. The molecule has 4 rings (SSSR count). The van der Waals surface area contributed by atoms with Crippen molar-refractivity contribution < 1.29 is 35.9 Å². The van der Waals surface area contributed by atoms with Crippen molar-refractivity contribution in [2.75, 3.05) is 18.0 Å². The molecule has 0 aromatic heterocycles. The normalized spacial score (nSPS) is 11.9. The van der Waals surface area contributed by atoms with Crippen molar-refractivity contribution in [2.24, 2.45) is 5.10 Å². The molecule has 4 aromatic carbocycles. The van der Waals surface area contributed by atoms with Gasteiger partial charge in [-0.1, -0.05) is 58.6 Å². The lowest BCUT2D eigenvalue weighted by Crippen LogP contribution is -2.39. The molecule has 0 spiro atoms. The lowest BCUT2D eigenvalue weighted by atomic mass is 10.2. The lowest BCUT2D eigenvalue weighted by molar-refractivity contribution is -0.137. The predicted molar refractivity (Wildman–Crippen MR) is 179 cm³/mol. The summed E-state index contributed by atoms with van der Waals surface area (Å²) in [6.45, 7) is 0.939. The Hall–Kier alpha value is -3.49. The quantitative estimate of drug-likeness (QED) is 0.121. The van der Waals surface area contributed by atoms with E-state index in [0.29, 0.717) is 47.5 Å². The second-order valence-electron chi connectivity index (χ2n) is 9.84. The number of nitrogens with zero attached hydrogens (tertiary/aromatic N) is 2. The number of carbonyl (C=O) groups is 1. The van der Waals surface area contributed by atoms with Gasteiger partial charge in [0, 0.05) is 15.6 Å². The first kappa shape index (κ1) is 36.3. The second kappa shape index (κ2) is 15.2. The van der Waals surface area contributed by atoms with Gasteiger partial charge >= 0.3 is 6.18 Å². The minimum absolute atomic E-state index is 0.106. The molecule has 16 heteroatoms. The highest BCUT2D eigenvalue weighted by atomic mass is 79.9. The first-order valence-corrected chi connectivity index (χ1v) is 16.7. The van der Waals surface area contributed by atoms with Crippen molar-refractivity contribution in [1.29, 1.82) is 0 Å². The monoisotopic (exact) mass is 791 g/mol. The Bertz CT molecular complexity index is 1930. The van der Waals surface area contributed by atoms with Crippen molar-refractivity contribution in [1.82, 2.24) is 5.43 Å². The van der Waals surface area contributed by atoms with Crippen LogP contribution in [0.25, 0.3) is 0 Å². The molecule has 0 fully saturated rings. The van der Waals surface area contributed by atoms with Gasteiger partial charge < -0.3 is 9.47 Å². The minimum Gasteiger partial charge on any atom is -0.493 e. The van der Waals surface area contributed by atoms with E-state index in [1.165, 1.54) is 37.6 Å². The van der Waals surface area contributed by atoms with Crippen LogP contribution < -0.4 is 19.2 Å². The van der Waals surface area contributed by atoms with Gasteiger partial charge in [-0.25, -0.2) is 13.8 Å². The predicted octanol–water partition coefficient (Wildman–Crippen LogP) is 8.67. The topological polar surface area (TPSA) is 97.3 Å². The summed E-state index contributed by atoms with van der Waals surface area (Å²) in [5.74, 6) is -0.264. The molecule has 0 atom stereocenters. The number of sulfonamides is 1. The number of carbonyl (C=O) groups excluding carboxylic acids is 1. The van der Waals surface area contributed by atoms with Crippen LogP contribution in [-0.4, -0.2) is 34.2 Å². The van der Waals surface area contributed by atoms with Gasteiger partial charge in [-0.15, -0.1) is 0 Å². The summed E-state index contributed by atoms with van der Waals surface area (Å²) >= 11 is 21.4. The Labute approximate surface area is 292 Å². The van der Waals surface area contributed by atoms with Crippen molar-refractivity contribution in [2.45, 2.75) is 24.6 Å². The summed E-state index contributed by atoms with van der Waals surface area (Å²) in [6, 6.07) is 16.4. The van der Waals surface area contributed by atoms with Crippen LogP contribution >= 0.6 is 50.7 Å². The maximum Gasteiger partial charge on any atom is 0.417 e. The Morgan fingerprint density at radius 3 is 2.34 bits per heavy atom. The molecule has 0 saturated carbocycles. The van der Waals surface area contributed by atoms with Crippen LogP contribution in [-0.2, 0) is 27.6 Å². The summed E-state index contributed by atoms with van der Waals surface area (Å²) in [6.07, 6.45) is -3.62. The highest BCUT2D eigenvalue weighted by Gasteiger charge is 2.35. The number of ether oxygens (including phenoxy) is 2. The first-order valence-electron chi connectivity index (χ1n) is 13.3. The SMILES string of the molecule is COc1cc(/C=N\NC(=O)CN(c2ccc(Cl)c(C(F)(F)F)c2)S(=O)(=O)c2ccc(C)cc2)cc(Br)c1OCc1ccc(Cl)cc1Cl. The molecule has 0 aliphatic carbocycles. The van der Waals surface area contributed by atoms with Crippen molar-refractivity contribution >= 4 is 78.6 Å². The number of nitrogens with one attached hydrogen (secondary N) is 1. The summed E-state index contributed by atoms with van der Waals surface area (Å²) in [5, 5.41) is 4.17. The number of alkyl halides is 3. The lowest BCUT2D eigenvalue weighted by Gasteiger charge is -2.25. The molecule has 0 bridgehead atoms. The molecule has 0 heterocycles. The van der Waals surface area contributed by atoms with Crippen LogP contribution in [0.1, 0.15) is 22.3 Å². The van der Waals surface area contributed by atoms with Crippen LogP contribution in [0.4, 0.5) is 18.9 Å². The van der Waals surface area contributed by atoms with Gasteiger partial charge in [-0.2, -0.15) is 18.3 Å². The number of benzene rings is 4. The molecule has 0 unspecified atom stereocenters. The molecule has 47 heavy (non-hydrogen) atoms. The Morgan fingerprint density at radius 1 is 1.00 bits per heavy atom. The fourth-order valence-electron chi connectivity index (χ4n) is 4.13. The molecule has 1 N–H and O–H groups in total. The van der Waals surface area contributed by atoms with Gasteiger partial charge in [-0.3, -0.25) is 9.10 Å². The highest BCUT2D eigenvalue weighted by molar-refractivity contribution is 9.10. The smallest absolute Gasteiger partial charge is 0.417 e. The third kappa shape index (κ3) is 9.11. The minimum atomic E-state index is -4.88. The van der Waals surface area contributed by atoms with E-state index in [2.05, 4.69) is 26.5 Å². The van der Waals surface area contributed by atoms with Gasteiger partial charge in [0.15, 0.2) is 11.5 Å². The van der Waals surface area contributed by atoms with E-state index in [9.17, 15) is 26.4 Å². The van der Waals surface area contributed by atoms with E-state index in [1.807, 2.05) is 0 Å².